The molecule has 33 heavy (non-hydrogen) atoms. The van der Waals surface area contributed by atoms with Gasteiger partial charge >= 0.3 is 0 Å². The first kappa shape index (κ1) is 21.8. The number of carbonyl (C=O) groups excluding carboxylic acids is 1. The van der Waals surface area contributed by atoms with Crippen molar-refractivity contribution >= 4 is 16.7 Å². The number of phenolic OH excluding ortho intramolecular Hbond substituents is 1. The molecule has 7 nitrogen and oxygen atoms in total. The third kappa shape index (κ3) is 3.14. The van der Waals surface area contributed by atoms with E-state index in [1.54, 1.807) is 29.7 Å². The second-order valence-corrected chi connectivity index (χ2v) is 9.58. The minimum atomic E-state index is -1.62. The quantitative estimate of drug-likeness (QED) is 0.499. The molecule has 1 aliphatic carbocycles. The maximum Gasteiger partial charge on any atom is 0.254 e. The molecule has 0 fully saturated rings. The van der Waals surface area contributed by atoms with Crippen molar-refractivity contribution in [1.82, 2.24) is 14.5 Å². The zero-order chi connectivity index (χ0) is 23.7. The summed E-state index contributed by atoms with van der Waals surface area (Å²) in [5.41, 5.74) is 2.93. The highest BCUT2D eigenvalue weighted by atomic mass is 16.3. The molecule has 3 heterocycles. The Balaban J connectivity index is 1.70. The molecule has 7 heteroatoms. The second kappa shape index (κ2) is 7.50. The second-order valence-electron chi connectivity index (χ2n) is 9.58. The SMILES string of the molecule is CC[C@@]1(O)C(=O)CCc2c1cc1n(c2=O)Cc2cc3c(CN(C)C(C)C)c(O)ccc3nc2-1. The topological polar surface area (TPSA) is 95.7 Å². The summed E-state index contributed by atoms with van der Waals surface area (Å²) in [4.78, 5) is 33.0. The van der Waals surface area contributed by atoms with E-state index < -0.39 is 5.60 Å². The molecular formula is C26H29N3O4. The summed E-state index contributed by atoms with van der Waals surface area (Å²) in [5.74, 6) is -0.00709. The summed E-state index contributed by atoms with van der Waals surface area (Å²) in [5, 5.41) is 22.6. The Morgan fingerprint density at radius 1 is 1.21 bits per heavy atom. The van der Waals surface area contributed by atoms with Crippen molar-refractivity contribution in [3.8, 4) is 17.1 Å². The summed E-state index contributed by atoms with van der Waals surface area (Å²) in [7, 11) is 2.01. The number of pyridine rings is 2. The Hall–Kier alpha value is -3.03. The molecule has 172 valence electrons. The number of fused-ring (bicyclic) bond motifs is 5. The van der Waals surface area contributed by atoms with Gasteiger partial charge in [0.05, 0.1) is 23.4 Å². The molecule has 5 rings (SSSR count). The molecule has 1 atom stereocenters. The van der Waals surface area contributed by atoms with Gasteiger partial charge in [-0.05, 0) is 58.0 Å². The van der Waals surface area contributed by atoms with Crippen LogP contribution in [0.3, 0.4) is 0 Å². The van der Waals surface area contributed by atoms with Crippen molar-refractivity contribution in [3.05, 3.63) is 56.9 Å². The lowest BCUT2D eigenvalue weighted by Crippen LogP contribution is -2.43. The fourth-order valence-electron chi connectivity index (χ4n) is 5.08. The summed E-state index contributed by atoms with van der Waals surface area (Å²) in [6.07, 6.45) is 0.750. The Morgan fingerprint density at radius 2 is 1.97 bits per heavy atom. The van der Waals surface area contributed by atoms with Crippen molar-refractivity contribution in [2.24, 2.45) is 0 Å². The van der Waals surface area contributed by atoms with Gasteiger partial charge in [-0.2, -0.15) is 0 Å². The van der Waals surface area contributed by atoms with Gasteiger partial charge in [0.15, 0.2) is 5.78 Å². The van der Waals surface area contributed by atoms with Crippen LogP contribution in [-0.4, -0.2) is 43.5 Å². The molecule has 0 saturated heterocycles. The van der Waals surface area contributed by atoms with Gasteiger partial charge in [0.2, 0.25) is 0 Å². The summed E-state index contributed by atoms with van der Waals surface area (Å²) >= 11 is 0. The zero-order valence-corrected chi connectivity index (χ0v) is 19.5. The summed E-state index contributed by atoms with van der Waals surface area (Å²) in [6.45, 7) is 6.93. The molecule has 2 N–H and O–H groups in total. The molecule has 0 spiro atoms. The summed E-state index contributed by atoms with van der Waals surface area (Å²) < 4.78 is 1.70. The predicted molar refractivity (Wildman–Crippen MR) is 126 cm³/mol. The maximum atomic E-state index is 13.4. The number of Topliss-reactive ketones (excluding diaryl/α,β-unsaturated/α-hetero) is 1. The fraction of sp³-hybridized carbons (Fsp3) is 0.423. The molecular weight excluding hydrogens is 418 g/mol. The Bertz CT molecular complexity index is 1370. The Labute approximate surface area is 192 Å². The number of rotatable bonds is 4. The van der Waals surface area contributed by atoms with Gasteiger partial charge < -0.3 is 14.8 Å². The minimum absolute atomic E-state index is 0.161. The molecule has 2 aliphatic rings. The van der Waals surface area contributed by atoms with E-state index in [1.165, 1.54) is 0 Å². The van der Waals surface area contributed by atoms with Gasteiger partial charge in [0.1, 0.15) is 11.4 Å². The van der Waals surface area contributed by atoms with Gasteiger partial charge in [-0.25, -0.2) is 4.98 Å². The molecule has 0 amide bonds. The molecule has 0 unspecified atom stereocenters. The minimum Gasteiger partial charge on any atom is -0.508 e. The lowest BCUT2D eigenvalue weighted by atomic mass is 9.77. The number of hydrogen-bond acceptors (Lipinski definition) is 6. The lowest BCUT2D eigenvalue weighted by molar-refractivity contribution is -0.140. The third-order valence-corrected chi connectivity index (χ3v) is 7.45. The van der Waals surface area contributed by atoms with Crippen LogP contribution in [0.4, 0.5) is 0 Å². The highest BCUT2D eigenvalue weighted by Crippen LogP contribution is 2.40. The van der Waals surface area contributed by atoms with Crippen LogP contribution in [0.5, 0.6) is 5.75 Å². The first-order valence-corrected chi connectivity index (χ1v) is 11.5. The third-order valence-electron chi connectivity index (χ3n) is 7.45. The highest BCUT2D eigenvalue weighted by Gasteiger charge is 2.43. The maximum absolute atomic E-state index is 13.4. The van der Waals surface area contributed by atoms with Gasteiger partial charge in [-0.15, -0.1) is 0 Å². The van der Waals surface area contributed by atoms with Crippen LogP contribution in [0.15, 0.2) is 29.1 Å². The number of phenols is 1. The van der Waals surface area contributed by atoms with Crippen molar-refractivity contribution in [1.29, 1.82) is 0 Å². The van der Waals surface area contributed by atoms with Crippen LogP contribution >= 0.6 is 0 Å². The van der Waals surface area contributed by atoms with Crippen molar-refractivity contribution in [3.63, 3.8) is 0 Å². The van der Waals surface area contributed by atoms with Crippen LogP contribution < -0.4 is 5.56 Å². The van der Waals surface area contributed by atoms with E-state index in [9.17, 15) is 19.8 Å². The Kier molecular flexibility index (Phi) is 4.95. The molecule has 0 saturated carbocycles. The molecule has 2 aromatic heterocycles. The van der Waals surface area contributed by atoms with Gasteiger partial charge in [-0.3, -0.25) is 14.5 Å². The number of benzene rings is 1. The molecule has 1 aromatic carbocycles. The number of aromatic nitrogens is 2. The van der Waals surface area contributed by atoms with Crippen molar-refractivity contribution in [2.45, 2.75) is 64.8 Å². The van der Waals surface area contributed by atoms with Crippen LogP contribution in [0, 0.1) is 0 Å². The van der Waals surface area contributed by atoms with E-state index in [1.807, 2.05) is 13.1 Å². The number of aliphatic hydroxyl groups is 1. The smallest absolute Gasteiger partial charge is 0.254 e. The highest BCUT2D eigenvalue weighted by molar-refractivity contribution is 5.92. The molecule has 0 bridgehead atoms. The van der Waals surface area contributed by atoms with Crippen molar-refractivity contribution < 1.29 is 15.0 Å². The van der Waals surface area contributed by atoms with Crippen LogP contribution in [-0.2, 0) is 29.9 Å². The molecule has 0 radical (unpaired) electrons. The normalized spacial score (nSPS) is 19.3. The van der Waals surface area contributed by atoms with E-state index in [2.05, 4.69) is 18.7 Å². The predicted octanol–water partition coefficient (Wildman–Crippen LogP) is 3.08. The fourth-order valence-corrected chi connectivity index (χ4v) is 5.08. The van der Waals surface area contributed by atoms with E-state index in [-0.39, 0.29) is 29.9 Å². The Morgan fingerprint density at radius 3 is 2.67 bits per heavy atom. The van der Waals surface area contributed by atoms with E-state index in [0.29, 0.717) is 48.1 Å². The average molecular weight is 448 g/mol. The van der Waals surface area contributed by atoms with Gasteiger partial charge in [0.25, 0.3) is 5.56 Å². The van der Waals surface area contributed by atoms with E-state index in [0.717, 1.165) is 22.0 Å². The van der Waals surface area contributed by atoms with Gasteiger partial charge in [-0.1, -0.05) is 6.92 Å². The van der Waals surface area contributed by atoms with E-state index >= 15 is 0 Å². The number of nitrogens with zero attached hydrogens (tertiary/aromatic N) is 3. The standard InChI is InChI=1S/C26H29N3O4/c1-5-26(33)19-11-21-24-15(12-29(21)25(32)16(19)6-9-23(26)31)10-17-18(13-28(4)14(2)3)22(30)8-7-20(17)27-24/h7-8,10-11,14,30,33H,5-6,9,12-13H2,1-4H3/t26-/m0/s1. The largest absolute Gasteiger partial charge is 0.508 e. The zero-order valence-electron chi connectivity index (χ0n) is 19.5. The number of aromatic hydroxyl groups is 1. The average Bonchev–Trinajstić information content (AvgIpc) is 3.15. The monoisotopic (exact) mass is 447 g/mol. The number of hydrogen-bond donors (Lipinski definition) is 2. The van der Waals surface area contributed by atoms with Crippen LogP contribution in [0.2, 0.25) is 0 Å². The van der Waals surface area contributed by atoms with E-state index in [4.69, 9.17) is 4.98 Å². The number of ketones is 1. The van der Waals surface area contributed by atoms with Crippen LogP contribution in [0.25, 0.3) is 22.3 Å². The van der Waals surface area contributed by atoms with Gasteiger partial charge in [0, 0.05) is 46.6 Å². The lowest BCUT2D eigenvalue weighted by Gasteiger charge is -2.32. The first-order chi connectivity index (χ1) is 15.7. The summed E-state index contributed by atoms with van der Waals surface area (Å²) in [6, 6.07) is 7.57. The molecule has 3 aromatic rings. The first-order valence-electron chi connectivity index (χ1n) is 11.5. The van der Waals surface area contributed by atoms with Crippen molar-refractivity contribution in [2.75, 3.05) is 7.05 Å². The number of carbonyl (C=O) groups is 1. The van der Waals surface area contributed by atoms with Crippen LogP contribution in [0.1, 0.15) is 55.9 Å². The molecule has 1 aliphatic heterocycles.